The lowest BCUT2D eigenvalue weighted by atomic mass is 9.95. The fraction of sp³-hybridized carbons (Fsp3) is 0.579. The van der Waals surface area contributed by atoms with Gasteiger partial charge in [-0.1, -0.05) is 0 Å². The van der Waals surface area contributed by atoms with Crippen LogP contribution in [0.3, 0.4) is 0 Å². The predicted molar refractivity (Wildman–Crippen MR) is 96.8 cm³/mol. The van der Waals surface area contributed by atoms with Crippen molar-refractivity contribution in [3.05, 3.63) is 35.4 Å². The number of alkyl halides is 3. The molecule has 2 rings (SSSR count). The van der Waals surface area contributed by atoms with Gasteiger partial charge in [-0.3, -0.25) is 4.79 Å². The number of esters is 1. The Morgan fingerprint density at radius 3 is 2.39 bits per heavy atom. The Morgan fingerprint density at radius 2 is 1.90 bits per heavy atom. The summed E-state index contributed by atoms with van der Waals surface area (Å²) in [6.45, 7) is 3.06. The van der Waals surface area contributed by atoms with Gasteiger partial charge in [-0.15, -0.1) is 0 Å². The highest BCUT2D eigenvalue weighted by Gasteiger charge is 2.46. The minimum absolute atomic E-state index is 0.0493. The summed E-state index contributed by atoms with van der Waals surface area (Å²) in [4.78, 5) is 23.3. The van der Waals surface area contributed by atoms with Crippen molar-refractivity contribution in [1.29, 1.82) is 0 Å². The van der Waals surface area contributed by atoms with Crippen molar-refractivity contribution in [2.24, 2.45) is 0 Å². The molecule has 0 radical (unpaired) electrons. The van der Waals surface area contributed by atoms with E-state index >= 15 is 0 Å². The fourth-order valence-corrected chi connectivity index (χ4v) is 3.21. The fourth-order valence-electron chi connectivity index (χ4n) is 3.21. The smallest absolute Gasteiger partial charge is 0.452 e. The quantitative estimate of drug-likeness (QED) is 0.461. The molecule has 31 heavy (non-hydrogen) atoms. The molecule has 1 saturated heterocycles. The number of carbonyl (C=O) groups is 2. The van der Waals surface area contributed by atoms with E-state index in [1.54, 1.807) is 6.92 Å². The summed E-state index contributed by atoms with van der Waals surface area (Å²) in [5.74, 6) is -4.91. The number of morpholine rings is 1. The van der Waals surface area contributed by atoms with Gasteiger partial charge < -0.3 is 24.8 Å². The summed E-state index contributed by atoms with van der Waals surface area (Å²) >= 11 is 0. The van der Waals surface area contributed by atoms with Crippen LogP contribution in [-0.2, 0) is 30.2 Å². The number of ether oxygens (including phenoxy) is 3. The number of rotatable bonds is 8. The van der Waals surface area contributed by atoms with Gasteiger partial charge in [-0.2, -0.15) is 13.2 Å². The predicted octanol–water partition coefficient (Wildman–Crippen LogP) is 1.84. The molecule has 0 saturated carbocycles. The Hall–Kier alpha value is -2.31. The Kier molecular flexibility index (Phi) is 8.71. The van der Waals surface area contributed by atoms with Crippen molar-refractivity contribution in [3.8, 4) is 0 Å². The third kappa shape index (κ3) is 7.71. The zero-order valence-corrected chi connectivity index (χ0v) is 16.8. The second-order valence-electron chi connectivity index (χ2n) is 6.89. The monoisotopic (exact) mass is 454 g/mol. The third-order valence-electron chi connectivity index (χ3n) is 4.40. The standard InChI is InChI=1S/C19H23F5N2O5/c1-3-29-16-8-25-15(9-30-16)17(31-18(28)19(22,23)24)14(26-10(2)27)6-11-4-12(20)7-13(21)5-11/h4-5,7,14-17,25H,3,6,8-9H2,1-2H3,(H,26,27)/t14-,15?,16+,17-/m0/s1. The van der Waals surface area contributed by atoms with Crippen LogP contribution in [0.4, 0.5) is 22.0 Å². The summed E-state index contributed by atoms with van der Waals surface area (Å²) < 4.78 is 81.1. The number of hydrogen-bond acceptors (Lipinski definition) is 6. The number of nitrogens with one attached hydrogen (secondary N) is 2. The van der Waals surface area contributed by atoms with Gasteiger partial charge in [0, 0.05) is 26.1 Å². The summed E-state index contributed by atoms with van der Waals surface area (Å²) in [5.41, 5.74) is 0.0493. The van der Waals surface area contributed by atoms with E-state index in [9.17, 15) is 31.5 Å². The van der Waals surface area contributed by atoms with Gasteiger partial charge in [0.15, 0.2) is 6.29 Å². The number of halogens is 5. The Bertz CT molecular complexity index is 748. The first-order valence-electron chi connectivity index (χ1n) is 9.46. The lowest BCUT2D eigenvalue weighted by molar-refractivity contribution is -0.213. The van der Waals surface area contributed by atoms with Gasteiger partial charge in [0.25, 0.3) is 0 Å². The Morgan fingerprint density at radius 1 is 1.26 bits per heavy atom. The second kappa shape index (κ2) is 10.8. The normalized spacial score (nSPS) is 21.3. The minimum atomic E-state index is -5.28. The summed E-state index contributed by atoms with van der Waals surface area (Å²) in [6.07, 6.45) is -7.81. The van der Waals surface area contributed by atoms with E-state index in [1.807, 2.05) is 0 Å². The van der Waals surface area contributed by atoms with Gasteiger partial charge in [-0.25, -0.2) is 13.6 Å². The lowest BCUT2D eigenvalue weighted by Crippen LogP contribution is -2.61. The zero-order valence-electron chi connectivity index (χ0n) is 16.8. The van der Waals surface area contributed by atoms with Gasteiger partial charge in [0.1, 0.15) is 17.7 Å². The molecule has 0 spiro atoms. The number of carbonyl (C=O) groups excluding carboxylic acids is 2. The van der Waals surface area contributed by atoms with Crippen LogP contribution in [0.2, 0.25) is 0 Å². The molecule has 0 aromatic heterocycles. The molecule has 1 unspecified atom stereocenters. The van der Waals surface area contributed by atoms with Gasteiger partial charge in [0.2, 0.25) is 5.91 Å². The van der Waals surface area contributed by atoms with Crippen LogP contribution in [0.5, 0.6) is 0 Å². The van der Waals surface area contributed by atoms with Crippen molar-refractivity contribution in [2.45, 2.75) is 50.9 Å². The van der Waals surface area contributed by atoms with E-state index in [1.165, 1.54) is 0 Å². The molecule has 12 heteroatoms. The molecule has 2 N–H and O–H groups in total. The molecular formula is C19H23F5N2O5. The summed E-state index contributed by atoms with van der Waals surface area (Å²) in [6, 6.07) is 0.364. The maximum atomic E-state index is 13.6. The first-order chi connectivity index (χ1) is 14.5. The average molecular weight is 454 g/mol. The molecule has 174 valence electrons. The molecule has 7 nitrogen and oxygen atoms in total. The highest BCUT2D eigenvalue weighted by atomic mass is 19.4. The van der Waals surface area contributed by atoms with Crippen LogP contribution in [0.15, 0.2) is 18.2 Å². The topological polar surface area (TPSA) is 85.9 Å². The Balaban J connectivity index is 2.30. The van der Waals surface area contributed by atoms with Crippen LogP contribution < -0.4 is 10.6 Å². The molecule has 0 bridgehead atoms. The van der Waals surface area contributed by atoms with Crippen molar-refractivity contribution in [1.82, 2.24) is 10.6 Å². The van der Waals surface area contributed by atoms with Crippen LogP contribution >= 0.6 is 0 Å². The lowest BCUT2D eigenvalue weighted by Gasteiger charge is -2.38. The first-order valence-corrected chi connectivity index (χ1v) is 9.46. The number of benzene rings is 1. The second-order valence-corrected chi connectivity index (χ2v) is 6.89. The molecule has 1 fully saturated rings. The maximum Gasteiger partial charge on any atom is 0.490 e. The van der Waals surface area contributed by atoms with Crippen LogP contribution in [0.1, 0.15) is 19.4 Å². The van der Waals surface area contributed by atoms with E-state index < -0.39 is 54.2 Å². The summed E-state index contributed by atoms with van der Waals surface area (Å²) in [5, 5.41) is 5.28. The molecule has 1 heterocycles. The van der Waals surface area contributed by atoms with Gasteiger partial charge >= 0.3 is 12.1 Å². The molecule has 1 aromatic carbocycles. The van der Waals surface area contributed by atoms with Crippen molar-refractivity contribution in [2.75, 3.05) is 19.8 Å². The number of hydrogen-bond donors (Lipinski definition) is 2. The molecular weight excluding hydrogens is 431 g/mol. The maximum absolute atomic E-state index is 13.6. The van der Waals surface area contributed by atoms with Crippen molar-refractivity contribution in [3.63, 3.8) is 0 Å². The SMILES string of the molecule is CCO[C@H]1CNC([C@@H](OC(=O)C(F)(F)F)[C@H](Cc2cc(F)cc(F)c2)NC(C)=O)CO1. The molecule has 1 aliphatic heterocycles. The third-order valence-corrected chi connectivity index (χ3v) is 4.40. The molecule has 1 aromatic rings. The van der Waals surface area contributed by atoms with E-state index in [-0.39, 0.29) is 25.1 Å². The van der Waals surface area contributed by atoms with Crippen molar-refractivity contribution < 1.29 is 45.8 Å². The largest absolute Gasteiger partial charge is 0.490 e. The molecule has 4 atom stereocenters. The first kappa shape index (κ1) is 25.0. The summed E-state index contributed by atoms with van der Waals surface area (Å²) in [7, 11) is 0. The molecule has 0 aliphatic carbocycles. The number of amides is 1. The molecule has 1 aliphatic rings. The van der Waals surface area contributed by atoms with Crippen LogP contribution in [0.25, 0.3) is 0 Å². The van der Waals surface area contributed by atoms with Gasteiger partial charge in [-0.05, 0) is 31.0 Å². The van der Waals surface area contributed by atoms with Crippen LogP contribution in [0, 0.1) is 11.6 Å². The van der Waals surface area contributed by atoms with E-state index in [0.717, 1.165) is 19.1 Å². The van der Waals surface area contributed by atoms with E-state index in [4.69, 9.17) is 14.2 Å². The van der Waals surface area contributed by atoms with E-state index in [2.05, 4.69) is 10.6 Å². The highest BCUT2D eigenvalue weighted by molar-refractivity contribution is 5.76. The molecule has 1 amide bonds. The van der Waals surface area contributed by atoms with Crippen molar-refractivity contribution >= 4 is 11.9 Å². The average Bonchev–Trinajstić information content (AvgIpc) is 2.64. The van der Waals surface area contributed by atoms with E-state index in [0.29, 0.717) is 12.7 Å². The minimum Gasteiger partial charge on any atom is -0.452 e. The van der Waals surface area contributed by atoms with Crippen LogP contribution in [-0.4, -0.2) is 62.3 Å². The zero-order chi connectivity index (χ0) is 23.2. The van der Waals surface area contributed by atoms with Gasteiger partial charge in [0.05, 0.1) is 18.7 Å². The Labute approximate surface area is 175 Å². The highest BCUT2D eigenvalue weighted by Crippen LogP contribution is 2.22.